The molecule has 1 aromatic heterocycles. The van der Waals surface area contributed by atoms with Crippen molar-refractivity contribution >= 4 is 17.3 Å². The molecule has 0 saturated carbocycles. The molecule has 0 fully saturated rings. The summed E-state index contributed by atoms with van der Waals surface area (Å²) in [4.78, 5) is 8.56. The lowest BCUT2D eigenvalue weighted by Gasteiger charge is -2.10. The zero-order chi connectivity index (χ0) is 14.4. The third kappa shape index (κ3) is 3.66. The number of hydrogen-bond acceptors (Lipinski definition) is 6. The van der Waals surface area contributed by atoms with Gasteiger partial charge in [0.1, 0.15) is 18.2 Å². The van der Waals surface area contributed by atoms with Crippen molar-refractivity contribution in [3.05, 3.63) is 41.7 Å². The number of aromatic nitrogens is 2. The van der Waals surface area contributed by atoms with Crippen molar-refractivity contribution in [1.29, 1.82) is 0 Å². The average Bonchev–Trinajstić information content (AvgIpc) is 2.48. The summed E-state index contributed by atoms with van der Waals surface area (Å²) >= 11 is 0. The summed E-state index contributed by atoms with van der Waals surface area (Å²) in [6, 6.07) is 9.95. The van der Waals surface area contributed by atoms with Crippen LogP contribution in [0.2, 0.25) is 0 Å². The maximum atomic E-state index is 5.41. The van der Waals surface area contributed by atoms with Gasteiger partial charge in [-0.1, -0.05) is 19.1 Å². The average molecular weight is 273 g/mol. The Bertz CT molecular complexity index is 556. The monoisotopic (exact) mass is 273 g/mol. The maximum absolute atomic E-state index is 5.41. The van der Waals surface area contributed by atoms with Crippen molar-refractivity contribution in [3.63, 3.8) is 0 Å². The van der Waals surface area contributed by atoms with E-state index >= 15 is 0 Å². The minimum Gasteiger partial charge on any atom is -0.377 e. The predicted molar refractivity (Wildman–Crippen MR) is 79.7 cm³/mol. The molecule has 0 aliphatic carbocycles. The number of rotatable bonds is 6. The summed E-state index contributed by atoms with van der Waals surface area (Å²) < 4.78 is 5.04. The Morgan fingerprint density at radius 1 is 1.15 bits per heavy atom. The second-order valence-corrected chi connectivity index (χ2v) is 4.31. The zero-order valence-corrected chi connectivity index (χ0v) is 11.7. The molecule has 0 radical (unpaired) electrons. The molecule has 0 spiro atoms. The first-order valence-corrected chi connectivity index (χ1v) is 6.44. The highest BCUT2D eigenvalue weighted by Crippen LogP contribution is 2.18. The van der Waals surface area contributed by atoms with Gasteiger partial charge in [-0.05, 0) is 24.1 Å². The standard InChI is InChI=1S/C14H19N5O/c1-3-10-4-6-11(7-5-10)16-12-8-13(19-15)18-14(17-12)9-20-2/h4-8H,3,9,15H2,1-2H3,(H2,16,17,18,19). The molecule has 0 aliphatic rings. The molecular weight excluding hydrogens is 254 g/mol. The van der Waals surface area contributed by atoms with Crippen molar-refractivity contribution in [2.24, 2.45) is 5.84 Å². The molecule has 2 aromatic rings. The fourth-order valence-electron chi connectivity index (χ4n) is 1.80. The number of methoxy groups -OCH3 is 1. The molecule has 6 heteroatoms. The first-order chi connectivity index (χ1) is 9.75. The van der Waals surface area contributed by atoms with Gasteiger partial charge in [0.05, 0.1) is 0 Å². The van der Waals surface area contributed by atoms with E-state index in [1.165, 1.54) is 5.56 Å². The van der Waals surface area contributed by atoms with Crippen LogP contribution in [0.15, 0.2) is 30.3 Å². The Kier molecular flexibility index (Phi) is 4.86. The number of hydrogen-bond donors (Lipinski definition) is 3. The van der Waals surface area contributed by atoms with Crippen LogP contribution in [0.1, 0.15) is 18.3 Å². The molecule has 0 atom stereocenters. The smallest absolute Gasteiger partial charge is 0.158 e. The van der Waals surface area contributed by atoms with E-state index in [0.29, 0.717) is 24.1 Å². The molecule has 6 nitrogen and oxygen atoms in total. The van der Waals surface area contributed by atoms with E-state index in [-0.39, 0.29) is 0 Å². The molecule has 0 bridgehead atoms. The molecule has 0 aliphatic heterocycles. The molecule has 0 amide bonds. The topological polar surface area (TPSA) is 85.1 Å². The number of benzene rings is 1. The van der Waals surface area contributed by atoms with Gasteiger partial charge >= 0.3 is 0 Å². The summed E-state index contributed by atoms with van der Waals surface area (Å²) in [7, 11) is 1.60. The molecule has 20 heavy (non-hydrogen) atoms. The Morgan fingerprint density at radius 2 is 1.85 bits per heavy atom. The Hall–Kier alpha value is -2.18. The van der Waals surface area contributed by atoms with Crippen LogP contribution in [-0.4, -0.2) is 17.1 Å². The number of anilines is 3. The van der Waals surface area contributed by atoms with Gasteiger partial charge in [-0.3, -0.25) is 0 Å². The number of aryl methyl sites for hydroxylation is 1. The largest absolute Gasteiger partial charge is 0.377 e. The molecule has 0 saturated heterocycles. The van der Waals surface area contributed by atoms with E-state index in [1.807, 2.05) is 12.1 Å². The molecule has 1 aromatic carbocycles. The SMILES string of the molecule is CCc1ccc(Nc2cc(NN)nc(COC)n2)cc1. The van der Waals surface area contributed by atoms with Crippen molar-refractivity contribution in [2.75, 3.05) is 17.9 Å². The van der Waals surface area contributed by atoms with Crippen molar-refractivity contribution in [1.82, 2.24) is 9.97 Å². The number of hydrazine groups is 1. The Balaban J connectivity index is 2.20. The van der Waals surface area contributed by atoms with E-state index in [4.69, 9.17) is 10.6 Å². The first kappa shape index (κ1) is 14.2. The van der Waals surface area contributed by atoms with Crippen molar-refractivity contribution in [2.45, 2.75) is 20.0 Å². The third-order valence-corrected chi connectivity index (χ3v) is 2.83. The Labute approximate surface area is 118 Å². The van der Waals surface area contributed by atoms with Gasteiger partial charge in [0.15, 0.2) is 5.82 Å². The second-order valence-electron chi connectivity index (χ2n) is 4.31. The van der Waals surface area contributed by atoms with Crippen LogP contribution in [0.4, 0.5) is 17.3 Å². The number of nitrogen functional groups attached to an aromatic ring is 1. The minimum atomic E-state index is 0.332. The van der Waals surface area contributed by atoms with Gasteiger partial charge in [0.25, 0.3) is 0 Å². The van der Waals surface area contributed by atoms with Crippen LogP contribution in [0.5, 0.6) is 0 Å². The van der Waals surface area contributed by atoms with Crippen molar-refractivity contribution < 1.29 is 4.74 Å². The predicted octanol–water partition coefficient (Wildman–Crippen LogP) is 2.21. The molecule has 0 unspecified atom stereocenters. The fraction of sp³-hybridized carbons (Fsp3) is 0.286. The van der Waals surface area contributed by atoms with Crippen LogP contribution in [0.3, 0.4) is 0 Å². The van der Waals surface area contributed by atoms with Gasteiger partial charge in [-0.2, -0.15) is 0 Å². The van der Waals surface area contributed by atoms with Gasteiger partial charge in [-0.25, -0.2) is 15.8 Å². The van der Waals surface area contributed by atoms with E-state index in [2.05, 4.69) is 39.8 Å². The number of nitrogens with zero attached hydrogens (tertiary/aromatic N) is 2. The number of nitrogens with one attached hydrogen (secondary N) is 2. The highest BCUT2D eigenvalue weighted by atomic mass is 16.5. The lowest BCUT2D eigenvalue weighted by molar-refractivity contribution is 0.178. The summed E-state index contributed by atoms with van der Waals surface area (Å²) in [6.45, 7) is 2.46. The van der Waals surface area contributed by atoms with Crippen LogP contribution in [0, 0.1) is 0 Å². The summed E-state index contributed by atoms with van der Waals surface area (Å²) in [6.07, 6.45) is 1.02. The second kappa shape index (κ2) is 6.83. The van der Waals surface area contributed by atoms with Gasteiger partial charge < -0.3 is 15.5 Å². The lowest BCUT2D eigenvalue weighted by atomic mass is 10.1. The molecular formula is C14H19N5O. The van der Waals surface area contributed by atoms with Gasteiger partial charge in [0.2, 0.25) is 0 Å². The number of ether oxygens (including phenoxy) is 1. The molecule has 2 rings (SSSR count). The summed E-state index contributed by atoms with van der Waals surface area (Å²) in [5, 5.41) is 3.23. The van der Waals surface area contributed by atoms with E-state index < -0.39 is 0 Å². The minimum absolute atomic E-state index is 0.332. The molecule has 4 N–H and O–H groups in total. The highest BCUT2D eigenvalue weighted by Gasteiger charge is 2.04. The summed E-state index contributed by atoms with van der Waals surface area (Å²) in [5.41, 5.74) is 4.78. The van der Waals surface area contributed by atoms with E-state index in [9.17, 15) is 0 Å². The molecule has 106 valence electrons. The van der Waals surface area contributed by atoms with E-state index in [1.54, 1.807) is 13.2 Å². The summed E-state index contributed by atoms with van der Waals surface area (Å²) in [5.74, 6) is 7.18. The zero-order valence-electron chi connectivity index (χ0n) is 11.7. The van der Waals surface area contributed by atoms with Gasteiger partial charge in [0, 0.05) is 18.9 Å². The fourth-order valence-corrected chi connectivity index (χ4v) is 1.80. The Morgan fingerprint density at radius 3 is 2.45 bits per heavy atom. The molecule has 1 heterocycles. The van der Waals surface area contributed by atoms with Crippen LogP contribution in [-0.2, 0) is 17.8 Å². The van der Waals surface area contributed by atoms with E-state index in [0.717, 1.165) is 12.1 Å². The normalized spacial score (nSPS) is 10.3. The van der Waals surface area contributed by atoms with Crippen LogP contribution in [0.25, 0.3) is 0 Å². The third-order valence-electron chi connectivity index (χ3n) is 2.83. The van der Waals surface area contributed by atoms with Crippen LogP contribution >= 0.6 is 0 Å². The maximum Gasteiger partial charge on any atom is 0.158 e. The van der Waals surface area contributed by atoms with Crippen molar-refractivity contribution in [3.8, 4) is 0 Å². The van der Waals surface area contributed by atoms with Gasteiger partial charge in [-0.15, -0.1) is 0 Å². The lowest BCUT2D eigenvalue weighted by Crippen LogP contribution is -2.11. The van der Waals surface area contributed by atoms with Crippen LogP contribution < -0.4 is 16.6 Å². The highest BCUT2D eigenvalue weighted by molar-refractivity contribution is 5.59. The number of nitrogens with two attached hydrogens (primary N) is 1. The quantitative estimate of drug-likeness (QED) is 0.553. The first-order valence-electron chi connectivity index (χ1n) is 6.44.